The molecule has 3 nitrogen and oxygen atoms in total. The standard InChI is InChI=1S/C14H29N3/c1-12(2)15-7-5-13-6-9-17(11-13)10-8-16-14-3-4-14/h12-16H,3-11H2,1-2H3. The third-order valence-electron chi connectivity index (χ3n) is 3.91. The first-order valence-corrected chi connectivity index (χ1v) is 7.43. The molecule has 100 valence electrons. The molecular formula is C14H29N3. The highest BCUT2D eigenvalue weighted by molar-refractivity contribution is 4.82. The van der Waals surface area contributed by atoms with Gasteiger partial charge in [0.2, 0.25) is 0 Å². The molecular weight excluding hydrogens is 210 g/mol. The van der Waals surface area contributed by atoms with Crippen LogP contribution in [0.5, 0.6) is 0 Å². The van der Waals surface area contributed by atoms with Gasteiger partial charge in [0.25, 0.3) is 0 Å². The normalized spacial score (nSPS) is 25.9. The number of likely N-dealkylation sites (tertiary alicyclic amines) is 1. The summed E-state index contributed by atoms with van der Waals surface area (Å²) in [5.41, 5.74) is 0. The maximum Gasteiger partial charge on any atom is 0.0107 e. The van der Waals surface area contributed by atoms with E-state index in [1.807, 2.05) is 0 Å². The first-order chi connectivity index (χ1) is 8.24. The number of nitrogens with one attached hydrogen (secondary N) is 2. The number of nitrogens with zero attached hydrogens (tertiary/aromatic N) is 1. The summed E-state index contributed by atoms with van der Waals surface area (Å²) >= 11 is 0. The molecule has 2 rings (SSSR count). The fraction of sp³-hybridized carbons (Fsp3) is 1.00. The molecule has 3 heteroatoms. The SMILES string of the molecule is CC(C)NCCC1CCN(CCNC2CC2)C1. The summed E-state index contributed by atoms with van der Waals surface area (Å²) in [5.74, 6) is 0.933. The zero-order chi connectivity index (χ0) is 12.1. The number of hydrogen-bond donors (Lipinski definition) is 2. The highest BCUT2D eigenvalue weighted by Gasteiger charge is 2.23. The molecule has 0 radical (unpaired) electrons. The highest BCUT2D eigenvalue weighted by atomic mass is 15.2. The third-order valence-corrected chi connectivity index (χ3v) is 3.91. The van der Waals surface area contributed by atoms with Gasteiger partial charge in [0, 0.05) is 31.7 Å². The molecule has 1 saturated carbocycles. The van der Waals surface area contributed by atoms with Gasteiger partial charge < -0.3 is 15.5 Å². The molecule has 17 heavy (non-hydrogen) atoms. The van der Waals surface area contributed by atoms with E-state index in [0.29, 0.717) is 6.04 Å². The summed E-state index contributed by atoms with van der Waals surface area (Å²) in [7, 11) is 0. The summed E-state index contributed by atoms with van der Waals surface area (Å²) < 4.78 is 0. The largest absolute Gasteiger partial charge is 0.315 e. The summed E-state index contributed by atoms with van der Waals surface area (Å²) in [4.78, 5) is 2.63. The highest BCUT2D eigenvalue weighted by Crippen LogP contribution is 2.20. The minimum absolute atomic E-state index is 0.634. The van der Waals surface area contributed by atoms with E-state index in [9.17, 15) is 0 Å². The molecule has 2 aliphatic rings. The third kappa shape index (κ3) is 5.36. The Morgan fingerprint density at radius 3 is 2.71 bits per heavy atom. The average molecular weight is 239 g/mol. The van der Waals surface area contributed by atoms with E-state index in [1.165, 1.54) is 58.4 Å². The first-order valence-electron chi connectivity index (χ1n) is 7.43. The van der Waals surface area contributed by atoms with Crippen LogP contribution in [0.2, 0.25) is 0 Å². The Labute approximate surface area is 106 Å². The van der Waals surface area contributed by atoms with E-state index in [2.05, 4.69) is 29.4 Å². The van der Waals surface area contributed by atoms with Crippen molar-refractivity contribution in [3.63, 3.8) is 0 Å². The zero-order valence-corrected chi connectivity index (χ0v) is 11.5. The summed E-state index contributed by atoms with van der Waals surface area (Å²) in [6, 6.07) is 1.50. The first kappa shape index (κ1) is 13.3. The molecule has 0 spiro atoms. The van der Waals surface area contributed by atoms with Crippen LogP contribution in [0.15, 0.2) is 0 Å². The molecule has 1 aliphatic carbocycles. The lowest BCUT2D eigenvalue weighted by atomic mass is 10.1. The molecule has 1 heterocycles. The van der Waals surface area contributed by atoms with Crippen molar-refractivity contribution in [2.75, 3.05) is 32.7 Å². The van der Waals surface area contributed by atoms with Gasteiger partial charge in [-0.05, 0) is 44.7 Å². The molecule has 1 unspecified atom stereocenters. The Morgan fingerprint density at radius 2 is 2.00 bits per heavy atom. The molecule has 2 N–H and O–H groups in total. The number of rotatable bonds is 8. The lowest BCUT2D eigenvalue weighted by Gasteiger charge is -2.16. The Hall–Kier alpha value is -0.120. The van der Waals surface area contributed by atoms with Gasteiger partial charge in [-0.25, -0.2) is 0 Å². The van der Waals surface area contributed by atoms with E-state index < -0.39 is 0 Å². The maximum absolute atomic E-state index is 3.60. The smallest absolute Gasteiger partial charge is 0.0107 e. The van der Waals surface area contributed by atoms with Gasteiger partial charge in [-0.3, -0.25) is 0 Å². The molecule has 0 aromatic carbocycles. The monoisotopic (exact) mass is 239 g/mol. The second-order valence-electron chi connectivity index (χ2n) is 6.08. The summed E-state index contributed by atoms with van der Waals surface area (Å²) in [6.07, 6.45) is 5.57. The van der Waals surface area contributed by atoms with Gasteiger partial charge in [-0.1, -0.05) is 13.8 Å². The van der Waals surface area contributed by atoms with Gasteiger partial charge in [0.05, 0.1) is 0 Å². The summed E-state index contributed by atoms with van der Waals surface area (Å²) in [5, 5.41) is 7.13. The van der Waals surface area contributed by atoms with Crippen molar-refractivity contribution in [1.82, 2.24) is 15.5 Å². The molecule has 0 aromatic rings. The van der Waals surface area contributed by atoms with Crippen LogP contribution < -0.4 is 10.6 Å². The predicted molar refractivity (Wildman–Crippen MR) is 73.3 cm³/mol. The minimum atomic E-state index is 0.634. The van der Waals surface area contributed by atoms with Crippen LogP contribution in [0.1, 0.15) is 39.5 Å². The van der Waals surface area contributed by atoms with Crippen LogP contribution in [0.3, 0.4) is 0 Å². The Kier molecular flexibility index (Phi) is 5.26. The molecule has 1 aliphatic heterocycles. The van der Waals surface area contributed by atoms with Crippen molar-refractivity contribution in [3.05, 3.63) is 0 Å². The minimum Gasteiger partial charge on any atom is -0.315 e. The van der Waals surface area contributed by atoms with E-state index in [-0.39, 0.29) is 0 Å². The van der Waals surface area contributed by atoms with Crippen LogP contribution in [-0.2, 0) is 0 Å². The predicted octanol–water partition coefficient (Wildman–Crippen LogP) is 1.45. The van der Waals surface area contributed by atoms with Crippen molar-refractivity contribution >= 4 is 0 Å². The Morgan fingerprint density at radius 1 is 1.18 bits per heavy atom. The van der Waals surface area contributed by atoms with Gasteiger partial charge >= 0.3 is 0 Å². The van der Waals surface area contributed by atoms with Gasteiger partial charge in [-0.2, -0.15) is 0 Å². The van der Waals surface area contributed by atoms with E-state index in [0.717, 1.165) is 12.0 Å². The van der Waals surface area contributed by atoms with E-state index in [1.54, 1.807) is 0 Å². The van der Waals surface area contributed by atoms with Gasteiger partial charge in [0.15, 0.2) is 0 Å². The van der Waals surface area contributed by atoms with Crippen molar-refractivity contribution in [3.8, 4) is 0 Å². The average Bonchev–Trinajstić information content (AvgIpc) is 2.98. The molecule has 1 atom stereocenters. The van der Waals surface area contributed by atoms with Gasteiger partial charge in [0.1, 0.15) is 0 Å². The molecule has 2 fully saturated rings. The molecule has 1 saturated heterocycles. The van der Waals surface area contributed by atoms with Crippen molar-refractivity contribution < 1.29 is 0 Å². The van der Waals surface area contributed by atoms with Crippen molar-refractivity contribution in [2.45, 2.75) is 51.6 Å². The van der Waals surface area contributed by atoms with Crippen LogP contribution in [0, 0.1) is 5.92 Å². The van der Waals surface area contributed by atoms with Gasteiger partial charge in [-0.15, -0.1) is 0 Å². The van der Waals surface area contributed by atoms with Crippen LogP contribution in [0.25, 0.3) is 0 Å². The fourth-order valence-corrected chi connectivity index (χ4v) is 2.64. The zero-order valence-electron chi connectivity index (χ0n) is 11.5. The molecule has 0 aromatic heterocycles. The van der Waals surface area contributed by atoms with Crippen molar-refractivity contribution in [1.29, 1.82) is 0 Å². The van der Waals surface area contributed by atoms with Crippen LogP contribution >= 0.6 is 0 Å². The van der Waals surface area contributed by atoms with E-state index >= 15 is 0 Å². The fourth-order valence-electron chi connectivity index (χ4n) is 2.64. The number of hydrogen-bond acceptors (Lipinski definition) is 3. The van der Waals surface area contributed by atoms with Crippen LogP contribution in [0.4, 0.5) is 0 Å². The second-order valence-corrected chi connectivity index (χ2v) is 6.08. The lowest BCUT2D eigenvalue weighted by molar-refractivity contribution is 0.317. The van der Waals surface area contributed by atoms with Crippen LogP contribution in [-0.4, -0.2) is 49.7 Å². The molecule has 0 bridgehead atoms. The maximum atomic E-state index is 3.60. The van der Waals surface area contributed by atoms with Crippen molar-refractivity contribution in [2.24, 2.45) is 5.92 Å². The molecule has 0 amide bonds. The Bertz CT molecular complexity index is 200. The summed E-state index contributed by atoms with van der Waals surface area (Å²) in [6.45, 7) is 10.7. The Balaban J connectivity index is 1.49. The lowest BCUT2D eigenvalue weighted by Crippen LogP contribution is -2.32. The quantitative estimate of drug-likeness (QED) is 0.671. The van der Waals surface area contributed by atoms with E-state index in [4.69, 9.17) is 0 Å². The topological polar surface area (TPSA) is 27.3 Å². The second kappa shape index (κ2) is 6.72.